The fraction of sp³-hybridized carbons (Fsp3) is 0.500. The largest absolute Gasteiger partial charge is 0.356 e. The van der Waals surface area contributed by atoms with Crippen LogP contribution < -0.4 is 4.72 Å². The lowest BCUT2D eigenvalue weighted by molar-refractivity contribution is 0.450. The number of hydrogen-bond acceptors (Lipinski definition) is 4. The molecule has 0 spiro atoms. The van der Waals surface area contributed by atoms with Gasteiger partial charge in [0.2, 0.25) is 0 Å². The van der Waals surface area contributed by atoms with Gasteiger partial charge in [-0.05, 0) is 52.3 Å². The molecule has 1 aromatic heterocycles. The molecule has 0 fully saturated rings. The van der Waals surface area contributed by atoms with Crippen LogP contribution in [0.2, 0.25) is 0 Å². The summed E-state index contributed by atoms with van der Waals surface area (Å²) >= 11 is 1.76. The van der Waals surface area contributed by atoms with Gasteiger partial charge < -0.3 is 4.52 Å². The molecule has 2 rings (SSSR count). The molecule has 98 valence electrons. The second kappa shape index (κ2) is 4.94. The molecule has 0 saturated carbocycles. The van der Waals surface area contributed by atoms with Gasteiger partial charge in [-0.2, -0.15) is 0 Å². The van der Waals surface area contributed by atoms with E-state index in [0.29, 0.717) is 6.04 Å². The van der Waals surface area contributed by atoms with Gasteiger partial charge in [0.05, 0.1) is 5.69 Å². The Morgan fingerprint density at radius 1 is 1.33 bits per heavy atom. The average Bonchev–Trinajstić information content (AvgIpc) is 2.67. The van der Waals surface area contributed by atoms with E-state index in [2.05, 4.69) is 49.7 Å². The van der Waals surface area contributed by atoms with Gasteiger partial charge in [0, 0.05) is 16.2 Å². The molecule has 1 heterocycles. The maximum absolute atomic E-state index is 5.22. The van der Waals surface area contributed by atoms with E-state index in [1.54, 1.807) is 11.9 Å². The van der Waals surface area contributed by atoms with Gasteiger partial charge in [-0.25, -0.2) is 0 Å². The Bertz CT molecular complexity index is 542. The fourth-order valence-electron chi connectivity index (χ4n) is 1.68. The summed E-state index contributed by atoms with van der Waals surface area (Å²) in [5.41, 5.74) is 3.06. The molecular formula is C14H20N2OS. The highest BCUT2D eigenvalue weighted by Gasteiger charge is 2.14. The van der Waals surface area contributed by atoms with E-state index in [1.807, 2.05) is 13.0 Å². The number of nitrogens with one attached hydrogen (secondary N) is 1. The number of benzene rings is 1. The third-order valence-electron chi connectivity index (χ3n) is 2.72. The lowest BCUT2D eigenvalue weighted by Crippen LogP contribution is -2.19. The first kappa shape index (κ1) is 13.4. The Kier molecular flexibility index (Phi) is 3.69. The van der Waals surface area contributed by atoms with Crippen LogP contribution in [0.25, 0.3) is 11.0 Å². The predicted octanol–water partition coefficient (Wildman–Crippen LogP) is 4.23. The van der Waals surface area contributed by atoms with Gasteiger partial charge in [0.1, 0.15) is 0 Å². The van der Waals surface area contributed by atoms with Gasteiger partial charge in [-0.3, -0.25) is 4.72 Å². The molecule has 0 aliphatic heterocycles. The number of nitrogens with zero attached hydrogens (tertiary/aromatic N) is 1. The summed E-state index contributed by atoms with van der Waals surface area (Å²) in [4.78, 5) is 0. The Morgan fingerprint density at radius 3 is 2.72 bits per heavy atom. The van der Waals surface area contributed by atoms with Crippen molar-refractivity contribution in [2.75, 3.05) is 0 Å². The number of rotatable bonds is 3. The molecule has 0 aliphatic rings. The SMILES string of the molecule is Cc1noc2ccc(C(C)NSC(C)(C)C)cc12. The molecule has 2 aromatic rings. The zero-order valence-corrected chi connectivity index (χ0v) is 12.4. The van der Waals surface area contributed by atoms with Crippen molar-refractivity contribution in [3.05, 3.63) is 29.5 Å². The minimum absolute atomic E-state index is 0.214. The fourth-order valence-corrected chi connectivity index (χ4v) is 2.35. The van der Waals surface area contributed by atoms with Gasteiger partial charge in [0.15, 0.2) is 5.58 Å². The van der Waals surface area contributed by atoms with E-state index in [0.717, 1.165) is 16.7 Å². The smallest absolute Gasteiger partial charge is 0.167 e. The lowest BCUT2D eigenvalue weighted by atomic mass is 10.1. The predicted molar refractivity (Wildman–Crippen MR) is 77.6 cm³/mol. The van der Waals surface area contributed by atoms with Crippen molar-refractivity contribution in [1.82, 2.24) is 9.88 Å². The second-order valence-electron chi connectivity index (χ2n) is 5.58. The third-order valence-corrected chi connectivity index (χ3v) is 3.80. The van der Waals surface area contributed by atoms with Crippen LogP contribution in [0.5, 0.6) is 0 Å². The normalized spacial score (nSPS) is 14.1. The molecule has 0 saturated heterocycles. The van der Waals surface area contributed by atoms with E-state index >= 15 is 0 Å². The topological polar surface area (TPSA) is 38.1 Å². The molecule has 0 radical (unpaired) electrons. The van der Waals surface area contributed by atoms with E-state index in [1.165, 1.54) is 5.56 Å². The van der Waals surface area contributed by atoms with Gasteiger partial charge >= 0.3 is 0 Å². The van der Waals surface area contributed by atoms with Gasteiger partial charge in [-0.1, -0.05) is 23.2 Å². The zero-order chi connectivity index (χ0) is 13.3. The minimum Gasteiger partial charge on any atom is -0.356 e. The Labute approximate surface area is 112 Å². The van der Waals surface area contributed by atoms with Gasteiger partial charge in [0.25, 0.3) is 0 Å². The van der Waals surface area contributed by atoms with Crippen LogP contribution in [-0.4, -0.2) is 9.90 Å². The van der Waals surface area contributed by atoms with E-state index in [-0.39, 0.29) is 4.75 Å². The Hall–Kier alpha value is -1.00. The van der Waals surface area contributed by atoms with E-state index in [4.69, 9.17) is 4.52 Å². The molecule has 1 unspecified atom stereocenters. The van der Waals surface area contributed by atoms with E-state index < -0.39 is 0 Å². The summed E-state index contributed by atoms with van der Waals surface area (Å²) in [5, 5.41) is 5.08. The number of fused-ring (bicyclic) bond motifs is 1. The zero-order valence-electron chi connectivity index (χ0n) is 11.6. The van der Waals surface area contributed by atoms with Crippen molar-refractivity contribution < 1.29 is 4.52 Å². The van der Waals surface area contributed by atoms with Gasteiger partial charge in [-0.15, -0.1) is 0 Å². The number of hydrogen-bond donors (Lipinski definition) is 1. The van der Waals surface area contributed by atoms with Crippen LogP contribution in [0.4, 0.5) is 0 Å². The summed E-state index contributed by atoms with van der Waals surface area (Å²) in [6.07, 6.45) is 0. The standard InChI is InChI=1S/C14H20N2OS/c1-9(16-18-14(3,4)5)11-6-7-13-12(8-11)10(2)15-17-13/h6-9,16H,1-5H3. The third kappa shape index (κ3) is 3.06. The van der Waals surface area contributed by atoms with Crippen molar-refractivity contribution >= 4 is 22.9 Å². The van der Waals surface area contributed by atoms with E-state index in [9.17, 15) is 0 Å². The van der Waals surface area contributed by atoms with Crippen molar-refractivity contribution in [2.24, 2.45) is 0 Å². The monoisotopic (exact) mass is 264 g/mol. The van der Waals surface area contributed by atoms with Crippen LogP contribution >= 0.6 is 11.9 Å². The molecular weight excluding hydrogens is 244 g/mol. The summed E-state index contributed by atoms with van der Waals surface area (Å²) in [7, 11) is 0. The molecule has 1 N–H and O–H groups in total. The molecule has 1 atom stereocenters. The molecule has 0 bridgehead atoms. The maximum Gasteiger partial charge on any atom is 0.167 e. The van der Waals surface area contributed by atoms with Crippen molar-refractivity contribution in [3.63, 3.8) is 0 Å². The Morgan fingerprint density at radius 2 is 2.06 bits per heavy atom. The highest BCUT2D eigenvalue weighted by molar-refractivity contribution is 7.98. The van der Waals surface area contributed by atoms with Crippen LogP contribution in [-0.2, 0) is 0 Å². The summed E-state index contributed by atoms with van der Waals surface area (Å²) in [6.45, 7) is 10.7. The molecule has 1 aromatic carbocycles. The summed E-state index contributed by atoms with van der Waals surface area (Å²) in [6, 6.07) is 6.54. The van der Waals surface area contributed by atoms with Crippen LogP contribution in [0.3, 0.4) is 0 Å². The lowest BCUT2D eigenvalue weighted by Gasteiger charge is -2.21. The van der Waals surface area contributed by atoms with Crippen molar-refractivity contribution in [2.45, 2.75) is 45.4 Å². The van der Waals surface area contributed by atoms with Crippen molar-refractivity contribution in [1.29, 1.82) is 0 Å². The minimum atomic E-state index is 0.214. The average molecular weight is 264 g/mol. The molecule has 18 heavy (non-hydrogen) atoms. The first-order chi connectivity index (χ1) is 8.37. The summed E-state index contributed by atoms with van der Waals surface area (Å²) < 4.78 is 8.92. The maximum atomic E-state index is 5.22. The van der Waals surface area contributed by atoms with Crippen LogP contribution in [0.1, 0.15) is 45.0 Å². The summed E-state index contributed by atoms with van der Waals surface area (Å²) in [5.74, 6) is 0. The number of aryl methyl sites for hydroxylation is 1. The highest BCUT2D eigenvalue weighted by Crippen LogP contribution is 2.27. The highest BCUT2D eigenvalue weighted by atomic mass is 32.2. The number of aromatic nitrogens is 1. The molecule has 4 heteroatoms. The first-order valence-corrected chi connectivity index (χ1v) is 6.98. The first-order valence-electron chi connectivity index (χ1n) is 6.16. The van der Waals surface area contributed by atoms with Crippen molar-refractivity contribution in [3.8, 4) is 0 Å². The molecule has 3 nitrogen and oxygen atoms in total. The second-order valence-corrected chi connectivity index (χ2v) is 7.24. The van der Waals surface area contributed by atoms with Crippen LogP contribution in [0.15, 0.2) is 22.7 Å². The van der Waals surface area contributed by atoms with Crippen LogP contribution in [0, 0.1) is 6.92 Å². The molecule has 0 aliphatic carbocycles. The quantitative estimate of drug-likeness (QED) is 0.842. The molecule has 0 amide bonds. The Balaban J connectivity index is 2.17.